The van der Waals surface area contributed by atoms with Gasteiger partial charge in [0.1, 0.15) is 6.04 Å². The van der Waals surface area contributed by atoms with E-state index in [-0.39, 0.29) is 11.8 Å². The fourth-order valence-corrected chi connectivity index (χ4v) is 3.17. The van der Waals surface area contributed by atoms with E-state index in [1.807, 2.05) is 51.1 Å². The molecule has 1 amide bonds. The van der Waals surface area contributed by atoms with Crippen LogP contribution in [0.1, 0.15) is 45.6 Å². The molecule has 0 N–H and O–H groups in total. The van der Waals surface area contributed by atoms with E-state index < -0.39 is 11.3 Å². The van der Waals surface area contributed by atoms with E-state index >= 15 is 0 Å². The number of amides is 1. The lowest BCUT2D eigenvalue weighted by Gasteiger charge is -2.28. The van der Waals surface area contributed by atoms with E-state index in [0.717, 1.165) is 19.3 Å². The van der Waals surface area contributed by atoms with Crippen LogP contribution in [0.4, 0.5) is 0 Å². The smallest absolute Gasteiger partial charge is 0.291 e. The van der Waals surface area contributed by atoms with Gasteiger partial charge in [-0.15, -0.1) is 0 Å². The van der Waals surface area contributed by atoms with Gasteiger partial charge in [0.05, 0.1) is 6.61 Å². The van der Waals surface area contributed by atoms with Gasteiger partial charge in [-0.1, -0.05) is 51.1 Å². The second kappa shape index (κ2) is 8.56. The molecule has 1 aliphatic heterocycles. The molecule has 0 bridgehead atoms. The first-order valence-electron chi connectivity index (χ1n) is 8.93. The van der Waals surface area contributed by atoms with Crippen molar-refractivity contribution in [3.8, 4) is 0 Å². The van der Waals surface area contributed by atoms with Crippen LogP contribution >= 0.6 is 12.2 Å². The summed E-state index contributed by atoms with van der Waals surface area (Å²) in [5.74, 6) is -0.766. The Bertz CT molecular complexity index is 627. The van der Waals surface area contributed by atoms with Crippen LogP contribution in [0.2, 0.25) is 0 Å². The number of rotatable bonds is 7. The van der Waals surface area contributed by atoms with Gasteiger partial charge in [0, 0.05) is 18.4 Å². The number of carbonyl (C=O) groups is 2. The zero-order valence-electron chi connectivity index (χ0n) is 15.3. The summed E-state index contributed by atoms with van der Waals surface area (Å²) in [6, 6.07) is 9.78. The largest absolute Gasteiger partial charge is 0.485 e. The third kappa shape index (κ3) is 4.88. The van der Waals surface area contributed by atoms with Crippen molar-refractivity contribution in [1.82, 2.24) is 4.90 Å². The number of Topliss-reactive ketones (excluding diaryl/α,β-unsaturated/α-hetero) is 1. The number of ketones is 1. The third-order valence-electron chi connectivity index (χ3n) is 4.96. The molecule has 25 heavy (non-hydrogen) atoms. The molecule has 1 aromatic carbocycles. The standard InChI is InChI=1S/C20H27NO3S/c1-4-20(2,3)17(22)18(23)21-13-8-11-16(21)19(25)24-14-12-15-9-6-5-7-10-15/h5-7,9-10,16H,4,8,11-14H2,1-3H3/t16-/m0/s1. The maximum absolute atomic E-state index is 12.6. The molecule has 1 saturated heterocycles. The predicted molar refractivity (Wildman–Crippen MR) is 103 cm³/mol. The number of carbonyl (C=O) groups excluding carboxylic acids is 2. The van der Waals surface area contributed by atoms with Crippen LogP contribution < -0.4 is 0 Å². The second-order valence-corrected chi connectivity index (χ2v) is 7.53. The van der Waals surface area contributed by atoms with Gasteiger partial charge in [0.25, 0.3) is 5.91 Å². The molecule has 5 heteroatoms. The lowest BCUT2D eigenvalue weighted by molar-refractivity contribution is -0.149. The highest BCUT2D eigenvalue weighted by atomic mass is 32.1. The Morgan fingerprint density at radius 2 is 1.96 bits per heavy atom. The molecule has 2 rings (SSSR count). The van der Waals surface area contributed by atoms with Crippen molar-refractivity contribution >= 4 is 29.0 Å². The summed E-state index contributed by atoms with van der Waals surface area (Å²) in [6.45, 7) is 6.59. The van der Waals surface area contributed by atoms with Crippen LogP contribution in [-0.4, -0.2) is 40.8 Å². The highest BCUT2D eigenvalue weighted by Crippen LogP contribution is 2.26. The van der Waals surface area contributed by atoms with E-state index in [1.54, 1.807) is 4.90 Å². The zero-order valence-corrected chi connectivity index (χ0v) is 16.1. The van der Waals surface area contributed by atoms with Gasteiger partial charge in [0.15, 0.2) is 5.05 Å². The number of benzene rings is 1. The average molecular weight is 362 g/mol. The van der Waals surface area contributed by atoms with Crippen molar-refractivity contribution in [3.05, 3.63) is 35.9 Å². The predicted octanol–water partition coefficient (Wildman–Crippen LogP) is 3.57. The van der Waals surface area contributed by atoms with Crippen LogP contribution in [0.3, 0.4) is 0 Å². The summed E-state index contributed by atoms with van der Waals surface area (Å²) in [5, 5.41) is 0.420. The summed E-state index contributed by atoms with van der Waals surface area (Å²) in [7, 11) is 0. The highest BCUT2D eigenvalue weighted by molar-refractivity contribution is 7.80. The lowest BCUT2D eigenvalue weighted by atomic mass is 9.84. The second-order valence-electron chi connectivity index (χ2n) is 7.13. The van der Waals surface area contributed by atoms with Gasteiger partial charge in [-0.3, -0.25) is 9.59 Å². The first kappa shape index (κ1) is 19.6. The van der Waals surface area contributed by atoms with E-state index in [4.69, 9.17) is 17.0 Å². The molecule has 136 valence electrons. The molecule has 4 nitrogen and oxygen atoms in total. The van der Waals surface area contributed by atoms with Gasteiger partial charge < -0.3 is 9.64 Å². The quantitative estimate of drug-likeness (QED) is 0.550. The van der Waals surface area contributed by atoms with Crippen molar-refractivity contribution in [2.24, 2.45) is 5.41 Å². The molecule has 0 saturated carbocycles. The summed E-state index contributed by atoms with van der Waals surface area (Å²) < 4.78 is 5.73. The molecule has 0 spiro atoms. The topological polar surface area (TPSA) is 46.6 Å². The van der Waals surface area contributed by atoms with Crippen molar-refractivity contribution in [1.29, 1.82) is 0 Å². The van der Waals surface area contributed by atoms with Gasteiger partial charge in [-0.25, -0.2) is 0 Å². The maximum Gasteiger partial charge on any atom is 0.291 e. The van der Waals surface area contributed by atoms with Crippen molar-refractivity contribution < 1.29 is 14.3 Å². The van der Waals surface area contributed by atoms with Gasteiger partial charge in [-0.2, -0.15) is 0 Å². The third-order valence-corrected chi connectivity index (χ3v) is 5.35. The normalized spacial score (nSPS) is 17.4. The number of hydrogen-bond acceptors (Lipinski definition) is 4. The molecule has 0 aliphatic carbocycles. The molecule has 0 unspecified atom stereocenters. The number of hydrogen-bond donors (Lipinski definition) is 0. The lowest BCUT2D eigenvalue weighted by Crippen LogP contribution is -2.47. The number of likely N-dealkylation sites (tertiary alicyclic amines) is 1. The molecule has 0 aromatic heterocycles. The first-order chi connectivity index (χ1) is 11.9. The Hall–Kier alpha value is -1.75. The summed E-state index contributed by atoms with van der Waals surface area (Å²) >= 11 is 5.41. The Morgan fingerprint density at radius 3 is 2.60 bits per heavy atom. The van der Waals surface area contributed by atoms with Crippen LogP contribution in [0.25, 0.3) is 0 Å². The Kier molecular flexibility index (Phi) is 6.71. The molecule has 1 aromatic rings. The molecule has 1 aliphatic rings. The minimum absolute atomic E-state index is 0.269. The SMILES string of the molecule is CCC(C)(C)C(=O)C(=O)N1CCC[C@H]1C(=S)OCCc1ccccc1. The minimum Gasteiger partial charge on any atom is -0.485 e. The van der Waals surface area contributed by atoms with Crippen molar-refractivity contribution in [2.45, 2.75) is 52.5 Å². The van der Waals surface area contributed by atoms with Crippen LogP contribution in [0, 0.1) is 5.41 Å². The van der Waals surface area contributed by atoms with Gasteiger partial charge in [-0.05, 0) is 37.0 Å². The number of ether oxygens (including phenoxy) is 1. The van der Waals surface area contributed by atoms with Crippen LogP contribution in [0.15, 0.2) is 30.3 Å². The maximum atomic E-state index is 12.6. The summed E-state index contributed by atoms with van der Waals surface area (Å²) in [6.07, 6.45) is 3.01. The first-order valence-corrected chi connectivity index (χ1v) is 9.33. The fraction of sp³-hybridized carbons (Fsp3) is 0.550. The van der Waals surface area contributed by atoms with E-state index in [1.165, 1.54) is 5.56 Å². The number of thiocarbonyl (C=S) groups is 1. The van der Waals surface area contributed by atoms with E-state index in [9.17, 15) is 9.59 Å². The molecule has 1 atom stereocenters. The molecular weight excluding hydrogens is 334 g/mol. The Balaban J connectivity index is 1.92. The van der Waals surface area contributed by atoms with Crippen molar-refractivity contribution in [3.63, 3.8) is 0 Å². The Labute approximate surface area is 155 Å². The summed E-state index contributed by atoms with van der Waals surface area (Å²) in [5.41, 5.74) is 0.546. The average Bonchev–Trinajstić information content (AvgIpc) is 3.11. The molecule has 1 heterocycles. The van der Waals surface area contributed by atoms with Gasteiger partial charge >= 0.3 is 0 Å². The van der Waals surface area contributed by atoms with E-state index in [0.29, 0.717) is 24.6 Å². The zero-order chi connectivity index (χ0) is 18.4. The molecule has 1 fully saturated rings. The molecule has 0 radical (unpaired) electrons. The fourth-order valence-electron chi connectivity index (χ4n) is 2.85. The Morgan fingerprint density at radius 1 is 1.28 bits per heavy atom. The number of nitrogens with zero attached hydrogens (tertiary/aromatic N) is 1. The minimum atomic E-state index is -0.639. The van der Waals surface area contributed by atoms with Crippen LogP contribution in [0.5, 0.6) is 0 Å². The monoisotopic (exact) mass is 361 g/mol. The van der Waals surface area contributed by atoms with Gasteiger partial charge in [0.2, 0.25) is 5.78 Å². The summed E-state index contributed by atoms with van der Waals surface area (Å²) in [4.78, 5) is 26.7. The molecular formula is C20H27NO3S. The van der Waals surface area contributed by atoms with E-state index in [2.05, 4.69) is 0 Å². The van der Waals surface area contributed by atoms with Crippen molar-refractivity contribution in [2.75, 3.05) is 13.2 Å². The van der Waals surface area contributed by atoms with Crippen LogP contribution in [-0.2, 0) is 20.7 Å². The highest BCUT2D eigenvalue weighted by Gasteiger charge is 2.40.